The van der Waals surface area contributed by atoms with Gasteiger partial charge < -0.3 is 9.90 Å². The minimum absolute atomic E-state index is 0.211. The summed E-state index contributed by atoms with van der Waals surface area (Å²) in [5.74, 6) is 0.545. The van der Waals surface area contributed by atoms with Crippen molar-refractivity contribution < 1.29 is 9.90 Å². The third-order valence-electron chi connectivity index (χ3n) is 4.36. The van der Waals surface area contributed by atoms with Crippen LogP contribution in [0.5, 0.6) is 0 Å². The van der Waals surface area contributed by atoms with E-state index in [9.17, 15) is 9.90 Å². The number of likely N-dealkylation sites (tertiary alicyclic amines) is 1. The Bertz CT molecular complexity index is 226. The van der Waals surface area contributed by atoms with Gasteiger partial charge in [0.25, 0.3) is 0 Å². The van der Waals surface area contributed by atoms with Crippen LogP contribution in [0.2, 0.25) is 0 Å². The topological polar surface area (TPSA) is 40.5 Å². The lowest BCUT2D eigenvalue weighted by atomic mass is 9.83. The molecule has 1 fully saturated rings. The third kappa shape index (κ3) is 2.64. The minimum Gasteiger partial charge on any atom is -0.395 e. The van der Waals surface area contributed by atoms with Gasteiger partial charge in [0.05, 0.1) is 6.61 Å². The Morgan fingerprint density at radius 2 is 2.06 bits per heavy atom. The van der Waals surface area contributed by atoms with Crippen LogP contribution in [-0.2, 0) is 4.79 Å². The quantitative estimate of drug-likeness (QED) is 0.702. The molecule has 0 saturated carbocycles. The van der Waals surface area contributed by atoms with Crippen LogP contribution in [-0.4, -0.2) is 42.0 Å². The predicted octanol–water partition coefficient (Wildman–Crippen LogP) is 1.69. The number of hydrogen-bond donors (Lipinski definition) is 1. The monoisotopic (exact) mass is 227 g/mol. The lowest BCUT2D eigenvalue weighted by Crippen LogP contribution is -2.43. The molecule has 0 aromatic carbocycles. The Hall–Kier alpha value is -0.410. The molecular weight excluding hydrogens is 202 g/mol. The fourth-order valence-electron chi connectivity index (χ4n) is 2.66. The van der Waals surface area contributed by atoms with E-state index >= 15 is 0 Å². The molecule has 1 rings (SSSR count). The molecule has 0 spiro atoms. The van der Waals surface area contributed by atoms with Crippen molar-refractivity contribution in [3.63, 3.8) is 0 Å². The van der Waals surface area contributed by atoms with Gasteiger partial charge in [0.2, 0.25) is 0 Å². The summed E-state index contributed by atoms with van der Waals surface area (Å²) in [4.78, 5) is 13.6. The number of nitrogens with zero attached hydrogens (tertiary/aromatic N) is 1. The number of carbonyl (C=O) groups is 1. The average molecular weight is 227 g/mol. The van der Waals surface area contributed by atoms with E-state index in [1.807, 2.05) is 0 Å². The molecule has 16 heavy (non-hydrogen) atoms. The third-order valence-corrected chi connectivity index (χ3v) is 4.36. The van der Waals surface area contributed by atoms with Gasteiger partial charge in [-0.1, -0.05) is 20.8 Å². The van der Waals surface area contributed by atoms with E-state index in [0.717, 1.165) is 38.6 Å². The van der Waals surface area contributed by atoms with Gasteiger partial charge in [-0.3, -0.25) is 4.90 Å². The summed E-state index contributed by atoms with van der Waals surface area (Å²) in [6.07, 6.45) is 4.02. The first kappa shape index (κ1) is 13.7. The molecule has 94 valence electrons. The summed E-state index contributed by atoms with van der Waals surface area (Å²) in [5.41, 5.74) is -0.211. The molecular formula is C13H25NO2. The second-order valence-electron chi connectivity index (χ2n) is 5.17. The van der Waals surface area contributed by atoms with Crippen molar-refractivity contribution in [2.24, 2.45) is 11.3 Å². The van der Waals surface area contributed by atoms with Gasteiger partial charge in [-0.25, -0.2) is 0 Å². The summed E-state index contributed by atoms with van der Waals surface area (Å²) in [5, 5.41) is 9.39. The second kappa shape index (κ2) is 5.78. The van der Waals surface area contributed by atoms with Gasteiger partial charge in [-0.15, -0.1) is 0 Å². The highest BCUT2D eigenvalue weighted by atomic mass is 16.3. The molecule has 2 unspecified atom stereocenters. The summed E-state index contributed by atoms with van der Waals surface area (Å²) in [6.45, 7) is 8.36. The maximum atomic E-state index is 11.3. The average Bonchev–Trinajstić information content (AvgIpc) is 2.66. The van der Waals surface area contributed by atoms with Crippen LogP contribution < -0.4 is 0 Å². The molecule has 1 heterocycles. The molecule has 0 radical (unpaired) electrons. The Morgan fingerprint density at radius 3 is 2.50 bits per heavy atom. The number of aliphatic hydroxyl groups is 1. The number of aldehydes is 1. The van der Waals surface area contributed by atoms with Crippen LogP contribution in [0.4, 0.5) is 0 Å². The first-order valence-electron chi connectivity index (χ1n) is 6.43. The first-order valence-corrected chi connectivity index (χ1v) is 6.43. The summed E-state index contributed by atoms with van der Waals surface area (Å²) in [6, 6.07) is 0.248. The molecule has 2 atom stereocenters. The molecule has 3 heteroatoms. The van der Waals surface area contributed by atoms with Crippen molar-refractivity contribution in [2.75, 3.05) is 19.7 Å². The highest BCUT2D eigenvalue weighted by molar-refractivity contribution is 5.59. The van der Waals surface area contributed by atoms with Gasteiger partial charge >= 0.3 is 0 Å². The number of hydrogen-bond acceptors (Lipinski definition) is 3. The lowest BCUT2D eigenvalue weighted by Gasteiger charge is -2.34. The zero-order chi connectivity index (χ0) is 12.2. The highest BCUT2D eigenvalue weighted by Gasteiger charge is 2.36. The van der Waals surface area contributed by atoms with E-state index in [2.05, 4.69) is 25.7 Å². The van der Waals surface area contributed by atoms with Crippen molar-refractivity contribution in [1.29, 1.82) is 0 Å². The molecule has 1 aliphatic rings. The van der Waals surface area contributed by atoms with Crippen LogP contribution in [0.1, 0.15) is 40.0 Å². The Labute approximate surface area is 98.8 Å². The van der Waals surface area contributed by atoms with E-state index < -0.39 is 0 Å². The molecule has 1 N–H and O–H groups in total. The lowest BCUT2D eigenvalue weighted by molar-refractivity contribution is -0.118. The number of aliphatic hydroxyl groups excluding tert-OH is 1. The maximum Gasteiger partial charge on any atom is 0.127 e. The molecule has 1 aliphatic heterocycles. The summed E-state index contributed by atoms with van der Waals surface area (Å²) in [7, 11) is 0. The first-order chi connectivity index (χ1) is 7.62. The van der Waals surface area contributed by atoms with Crippen LogP contribution in [0.25, 0.3) is 0 Å². The van der Waals surface area contributed by atoms with E-state index in [0.29, 0.717) is 5.92 Å². The SMILES string of the molecule is CCC(C=O)(CC)CN1CCC(C)C1CO. The van der Waals surface area contributed by atoms with Gasteiger partial charge in [0.15, 0.2) is 0 Å². The predicted molar refractivity (Wildman–Crippen MR) is 65.3 cm³/mol. The summed E-state index contributed by atoms with van der Waals surface area (Å²) < 4.78 is 0. The largest absolute Gasteiger partial charge is 0.395 e. The Kier molecular flexibility index (Phi) is 4.93. The Morgan fingerprint density at radius 1 is 1.44 bits per heavy atom. The van der Waals surface area contributed by atoms with Gasteiger partial charge in [-0.05, 0) is 31.7 Å². The van der Waals surface area contributed by atoms with Crippen molar-refractivity contribution in [3.8, 4) is 0 Å². The van der Waals surface area contributed by atoms with E-state index in [4.69, 9.17) is 0 Å². The number of carbonyl (C=O) groups excluding carboxylic acids is 1. The fourth-order valence-corrected chi connectivity index (χ4v) is 2.66. The van der Waals surface area contributed by atoms with E-state index in [1.165, 1.54) is 0 Å². The standard InChI is InChI=1S/C13H25NO2/c1-4-13(5-2,10-16)9-14-7-6-11(3)12(14)8-15/h10-12,15H,4-9H2,1-3H3. The normalized spacial score (nSPS) is 27.2. The minimum atomic E-state index is -0.211. The van der Waals surface area contributed by atoms with Crippen LogP contribution in [0.15, 0.2) is 0 Å². The molecule has 1 saturated heterocycles. The Balaban J connectivity index is 2.68. The smallest absolute Gasteiger partial charge is 0.127 e. The molecule has 0 aromatic heterocycles. The molecule has 0 bridgehead atoms. The van der Waals surface area contributed by atoms with Crippen molar-refractivity contribution in [2.45, 2.75) is 46.1 Å². The van der Waals surface area contributed by atoms with Gasteiger partial charge in [0, 0.05) is 18.0 Å². The summed E-state index contributed by atoms with van der Waals surface area (Å²) >= 11 is 0. The molecule has 0 amide bonds. The van der Waals surface area contributed by atoms with Crippen molar-refractivity contribution in [1.82, 2.24) is 4.90 Å². The molecule has 0 aliphatic carbocycles. The van der Waals surface area contributed by atoms with Crippen molar-refractivity contribution in [3.05, 3.63) is 0 Å². The van der Waals surface area contributed by atoms with E-state index in [-0.39, 0.29) is 18.1 Å². The van der Waals surface area contributed by atoms with Crippen LogP contribution in [0, 0.1) is 11.3 Å². The van der Waals surface area contributed by atoms with Crippen LogP contribution in [0.3, 0.4) is 0 Å². The highest BCUT2D eigenvalue weighted by Crippen LogP contribution is 2.31. The second-order valence-corrected chi connectivity index (χ2v) is 5.17. The maximum absolute atomic E-state index is 11.3. The zero-order valence-corrected chi connectivity index (χ0v) is 10.8. The fraction of sp³-hybridized carbons (Fsp3) is 0.923. The van der Waals surface area contributed by atoms with Crippen molar-refractivity contribution >= 4 is 6.29 Å². The van der Waals surface area contributed by atoms with Gasteiger partial charge in [0.1, 0.15) is 6.29 Å². The van der Waals surface area contributed by atoms with Gasteiger partial charge in [-0.2, -0.15) is 0 Å². The van der Waals surface area contributed by atoms with Crippen LogP contribution >= 0.6 is 0 Å². The van der Waals surface area contributed by atoms with E-state index in [1.54, 1.807) is 0 Å². The zero-order valence-electron chi connectivity index (χ0n) is 10.8. The molecule has 3 nitrogen and oxygen atoms in total. The number of rotatable bonds is 6. The molecule has 0 aromatic rings.